The molecular weight excluding hydrogens is 346 g/mol. The summed E-state index contributed by atoms with van der Waals surface area (Å²) in [7, 11) is 0.475. The monoisotopic (exact) mass is 367 g/mol. The van der Waals surface area contributed by atoms with Crippen LogP contribution in [0.15, 0.2) is 97.6 Å². The molecule has 0 aliphatic rings. The number of nitrogens with zero attached hydrogens (tertiary/aromatic N) is 3. The lowest BCUT2D eigenvalue weighted by Gasteiger charge is -2.35. The number of rotatable bonds is 6. The van der Waals surface area contributed by atoms with Gasteiger partial charge in [-0.1, -0.05) is 97.0 Å². The smallest absolute Gasteiger partial charge is 0.137 e. The van der Waals surface area contributed by atoms with E-state index in [9.17, 15) is 0 Å². The quantitative estimate of drug-likeness (QED) is 0.487. The molecule has 27 heavy (non-hydrogen) atoms. The summed E-state index contributed by atoms with van der Waals surface area (Å²) in [5.41, 5.74) is 3.78. The molecule has 3 aromatic carbocycles. The molecule has 0 spiro atoms. The zero-order chi connectivity index (χ0) is 18.5. The van der Waals surface area contributed by atoms with Crippen molar-refractivity contribution in [3.8, 4) is 0 Å². The van der Waals surface area contributed by atoms with Gasteiger partial charge in [0.15, 0.2) is 0 Å². The Kier molecular flexibility index (Phi) is 4.98. The van der Waals surface area contributed by atoms with Gasteiger partial charge in [-0.3, -0.25) is 0 Å². The Hall–Kier alpha value is -2.98. The summed E-state index contributed by atoms with van der Waals surface area (Å²) in [6.45, 7) is 2.20. The highest BCUT2D eigenvalue weighted by atomic mass is 28.2. The van der Waals surface area contributed by atoms with Gasteiger partial charge in [0.2, 0.25) is 0 Å². The fourth-order valence-electron chi connectivity index (χ4n) is 3.45. The van der Waals surface area contributed by atoms with Gasteiger partial charge in [-0.2, -0.15) is 5.10 Å². The molecule has 0 aliphatic carbocycles. The molecule has 0 atom stereocenters. The van der Waals surface area contributed by atoms with Gasteiger partial charge >= 0.3 is 0 Å². The van der Waals surface area contributed by atoms with Crippen molar-refractivity contribution in [3.05, 3.63) is 114 Å². The maximum absolute atomic E-state index is 4.59. The number of hydrogen-bond acceptors (Lipinski definition) is 2. The largest absolute Gasteiger partial charge is 0.241 e. The number of benzene rings is 3. The minimum atomic E-state index is -0.425. The molecule has 0 fully saturated rings. The SMILES string of the molecule is CCc1cccc([Si]C(c2ccccc2)(c2ccccc2)n2cncn2)c1. The van der Waals surface area contributed by atoms with Crippen LogP contribution in [0.4, 0.5) is 0 Å². The summed E-state index contributed by atoms with van der Waals surface area (Å²) in [5, 5.41) is 5.48. The third-order valence-corrected chi connectivity index (χ3v) is 6.57. The zero-order valence-electron chi connectivity index (χ0n) is 15.3. The Morgan fingerprint density at radius 2 is 1.52 bits per heavy atom. The summed E-state index contributed by atoms with van der Waals surface area (Å²) in [6, 6.07) is 30.1. The topological polar surface area (TPSA) is 30.7 Å². The minimum Gasteiger partial charge on any atom is -0.241 e. The highest BCUT2D eigenvalue weighted by Gasteiger charge is 2.38. The molecule has 0 amide bonds. The van der Waals surface area contributed by atoms with Crippen molar-refractivity contribution in [2.24, 2.45) is 0 Å². The molecule has 1 aromatic heterocycles. The number of hydrogen-bond donors (Lipinski definition) is 0. The molecule has 2 radical (unpaired) electrons. The second kappa shape index (κ2) is 7.72. The van der Waals surface area contributed by atoms with Gasteiger partial charge in [-0.25, -0.2) is 9.67 Å². The lowest BCUT2D eigenvalue weighted by molar-refractivity contribution is 0.527. The number of aryl methyl sites for hydroxylation is 1. The van der Waals surface area contributed by atoms with E-state index in [2.05, 4.69) is 102 Å². The average Bonchev–Trinajstić information content (AvgIpc) is 3.29. The maximum Gasteiger partial charge on any atom is 0.137 e. The lowest BCUT2D eigenvalue weighted by Crippen LogP contribution is -2.47. The average molecular weight is 368 g/mol. The molecule has 0 saturated heterocycles. The van der Waals surface area contributed by atoms with Crippen molar-refractivity contribution in [2.45, 2.75) is 18.5 Å². The third-order valence-electron chi connectivity index (χ3n) is 4.81. The van der Waals surface area contributed by atoms with E-state index in [1.165, 1.54) is 21.9 Å². The molecule has 4 rings (SSSR count). The summed E-state index contributed by atoms with van der Waals surface area (Å²) in [6.07, 6.45) is 4.48. The fourth-order valence-corrected chi connectivity index (χ4v) is 5.16. The van der Waals surface area contributed by atoms with Crippen LogP contribution in [-0.2, 0) is 11.6 Å². The Morgan fingerprint density at radius 1 is 0.852 bits per heavy atom. The van der Waals surface area contributed by atoms with Crippen LogP contribution in [0.3, 0.4) is 0 Å². The Morgan fingerprint density at radius 3 is 2.07 bits per heavy atom. The molecule has 4 aromatic rings. The van der Waals surface area contributed by atoms with Crippen LogP contribution in [0.1, 0.15) is 23.6 Å². The first-order valence-corrected chi connectivity index (χ1v) is 10.2. The highest BCUT2D eigenvalue weighted by molar-refractivity contribution is 6.57. The van der Waals surface area contributed by atoms with Crippen molar-refractivity contribution in [1.29, 1.82) is 0 Å². The van der Waals surface area contributed by atoms with Crippen molar-refractivity contribution in [3.63, 3.8) is 0 Å². The first-order chi connectivity index (χ1) is 13.3. The van der Waals surface area contributed by atoms with E-state index in [4.69, 9.17) is 0 Å². The van der Waals surface area contributed by atoms with E-state index in [0.717, 1.165) is 6.42 Å². The van der Waals surface area contributed by atoms with Crippen LogP contribution in [0.25, 0.3) is 0 Å². The molecule has 0 aliphatic heterocycles. The predicted octanol–water partition coefficient (Wildman–Crippen LogP) is 3.62. The van der Waals surface area contributed by atoms with Gasteiger partial charge < -0.3 is 0 Å². The third kappa shape index (κ3) is 3.36. The summed E-state index contributed by atoms with van der Waals surface area (Å²) < 4.78 is 2.01. The standard InChI is InChI=1S/C23H21N3Si/c1-2-19-10-9-15-22(16-19)27-23(26-18-24-17-25-26,20-11-5-3-6-12-20)21-13-7-4-8-14-21/h3-18H,2H2,1H3. The highest BCUT2D eigenvalue weighted by Crippen LogP contribution is 2.32. The minimum absolute atomic E-state index is 0.425. The van der Waals surface area contributed by atoms with Crippen LogP contribution in [0.2, 0.25) is 0 Å². The van der Waals surface area contributed by atoms with Gasteiger partial charge in [0.1, 0.15) is 27.3 Å². The van der Waals surface area contributed by atoms with Gasteiger partial charge in [-0.05, 0) is 23.1 Å². The van der Waals surface area contributed by atoms with Crippen LogP contribution >= 0.6 is 0 Å². The van der Waals surface area contributed by atoms with E-state index in [1.807, 2.05) is 11.0 Å². The summed E-state index contributed by atoms with van der Waals surface area (Å²) in [5.74, 6) is 0. The van der Waals surface area contributed by atoms with E-state index in [0.29, 0.717) is 9.52 Å². The Balaban J connectivity index is 1.95. The van der Waals surface area contributed by atoms with Crippen LogP contribution in [0.5, 0.6) is 0 Å². The first-order valence-electron chi connectivity index (χ1n) is 9.16. The first kappa shape index (κ1) is 17.4. The van der Waals surface area contributed by atoms with Gasteiger partial charge in [-0.15, -0.1) is 0 Å². The molecule has 0 unspecified atom stereocenters. The molecular formula is C23H21N3Si. The van der Waals surface area contributed by atoms with Gasteiger partial charge in [0.25, 0.3) is 0 Å². The molecule has 0 N–H and O–H groups in total. The molecule has 3 nitrogen and oxygen atoms in total. The van der Waals surface area contributed by atoms with Crippen molar-refractivity contribution in [1.82, 2.24) is 14.8 Å². The molecule has 1 heterocycles. The van der Waals surface area contributed by atoms with E-state index in [-0.39, 0.29) is 0 Å². The fraction of sp³-hybridized carbons (Fsp3) is 0.130. The summed E-state index contributed by atoms with van der Waals surface area (Å²) in [4.78, 5) is 4.27. The normalized spacial score (nSPS) is 11.4. The van der Waals surface area contributed by atoms with Crippen molar-refractivity contribution < 1.29 is 0 Å². The second-order valence-corrected chi connectivity index (χ2v) is 8.01. The molecule has 4 heteroatoms. The summed E-state index contributed by atoms with van der Waals surface area (Å²) >= 11 is 0. The Bertz CT molecular complexity index is 943. The van der Waals surface area contributed by atoms with Crippen LogP contribution in [0, 0.1) is 0 Å². The number of aromatic nitrogens is 3. The van der Waals surface area contributed by atoms with Gasteiger partial charge in [0, 0.05) is 0 Å². The Labute approximate surface area is 162 Å². The van der Waals surface area contributed by atoms with E-state index in [1.54, 1.807) is 6.33 Å². The molecule has 0 bridgehead atoms. The van der Waals surface area contributed by atoms with E-state index < -0.39 is 5.16 Å². The molecule has 132 valence electrons. The van der Waals surface area contributed by atoms with Gasteiger partial charge in [0.05, 0.1) is 0 Å². The van der Waals surface area contributed by atoms with E-state index >= 15 is 0 Å². The zero-order valence-corrected chi connectivity index (χ0v) is 16.3. The molecule has 0 saturated carbocycles. The van der Waals surface area contributed by atoms with Crippen LogP contribution in [-0.4, -0.2) is 24.3 Å². The van der Waals surface area contributed by atoms with Crippen molar-refractivity contribution >= 4 is 14.7 Å². The maximum atomic E-state index is 4.59. The van der Waals surface area contributed by atoms with Crippen molar-refractivity contribution in [2.75, 3.05) is 0 Å². The lowest BCUT2D eigenvalue weighted by atomic mass is 9.97. The predicted molar refractivity (Wildman–Crippen MR) is 110 cm³/mol. The van der Waals surface area contributed by atoms with Crippen LogP contribution < -0.4 is 5.19 Å². The second-order valence-electron chi connectivity index (χ2n) is 6.46.